The molecule has 0 heterocycles. The molecule has 1 aromatic rings. The first kappa shape index (κ1) is 14.6. The Morgan fingerprint density at radius 2 is 2.11 bits per heavy atom. The fourth-order valence-corrected chi connectivity index (χ4v) is 2.29. The number of benzene rings is 1. The summed E-state index contributed by atoms with van der Waals surface area (Å²) in [5.41, 5.74) is 0.499. The number of rotatable bonds is 7. The van der Waals surface area contributed by atoms with Gasteiger partial charge in [-0.05, 0) is 12.6 Å². The number of hydrogen-bond acceptors (Lipinski definition) is 5. The molecule has 0 aliphatic heterocycles. The van der Waals surface area contributed by atoms with E-state index < -0.39 is 14.9 Å². The minimum absolute atomic E-state index is 0.0293. The maximum Gasteiger partial charge on any atom is 0.269 e. The van der Waals surface area contributed by atoms with Crippen LogP contribution in [0.25, 0.3) is 0 Å². The van der Waals surface area contributed by atoms with E-state index in [0.29, 0.717) is 12.1 Å². The summed E-state index contributed by atoms with van der Waals surface area (Å²) in [5, 5.41) is 13.3. The third-order valence-corrected chi connectivity index (χ3v) is 3.56. The maximum atomic E-state index is 11.5. The second kappa shape index (κ2) is 6.43. The second-order valence-corrected chi connectivity index (χ2v) is 5.60. The highest BCUT2D eigenvalue weighted by atomic mass is 32.2. The van der Waals surface area contributed by atoms with Crippen LogP contribution < -0.4 is 10.0 Å². The average Bonchev–Trinajstić information content (AvgIpc) is 2.34. The van der Waals surface area contributed by atoms with Gasteiger partial charge in [0.2, 0.25) is 10.0 Å². The molecule has 1 rings (SSSR count). The highest BCUT2D eigenvalue weighted by Gasteiger charge is 2.10. The van der Waals surface area contributed by atoms with Gasteiger partial charge in [-0.3, -0.25) is 10.1 Å². The van der Waals surface area contributed by atoms with Crippen molar-refractivity contribution in [1.82, 2.24) is 10.0 Å². The van der Waals surface area contributed by atoms with Gasteiger partial charge in [0.1, 0.15) is 0 Å². The third kappa shape index (κ3) is 4.78. The predicted molar refractivity (Wildman–Crippen MR) is 67.6 cm³/mol. The molecule has 18 heavy (non-hydrogen) atoms. The Balaban J connectivity index is 2.63. The van der Waals surface area contributed by atoms with Crippen molar-refractivity contribution in [3.8, 4) is 0 Å². The lowest BCUT2D eigenvalue weighted by atomic mass is 10.2. The van der Waals surface area contributed by atoms with Crippen molar-refractivity contribution < 1.29 is 13.3 Å². The molecule has 0 spiro atoms. The molecule has 1 aromatic carbocycles. The van der Waals surface area contributed by atoms with Crippen molar-refractivity contribution in [2.24, 2.45) is 0 Å². The molecule has 8 heteroatoms. The number of non-ortho nitro benzene ring substituents is 1. The Kier molecular flexibility index (Phi) is 5.20. The van der Waals surface area contributed by atoms with Gasteiger partial charge in [-0.15, -0.1) is 0 Å². The highest BCUT2D eigenvalue weighted by Crippen LogP contribution is 2.12. The van der Waals surface area contributed by atoms with Crippen molar-refractivity contribution in [2.45, 2.75) is 6.54 Å². The molecule has 0 bridgehead atoms. The summed E-state index contributed by atoms with van der Waals surface area (Å²) in [6.45, 7) is 0.401. The van der Waals surface area contributed by atoms with Gasteiger partial charge in [-0.25, -0.2) is 13.1 Å². The molecule has 0 aromatic heterocycles. The van der Waals surface area contributed by atoms with Crippen LogP contribution in [0, 0.1) is 10.1 Å². The highest BCUT2D eigenvalue weighted by molar-refractivity contribution is 7.89. The summed E-state index contributed by atoms with van der Waals surface area (Å²) >= 11 is 0. The zero-order valence-electron chi connectivity index (χ0n) is 9.92. The summed E-state index contributed by atoms with van der Waals surface area (Å²) in [5.74, 6) is -0.0293. The first-order valence-corrected chi connectivity index (χ1v) is 6.95. The van der Waals surface area contributed by atoms with Crippen LogP contribution >= 0.6 is 0 Å². The van der Waals surface area contributed by atoms with Crippen LogP contribution in [0.1, 0.15) is 5.56 Å². The smallest absolute Gasteiger partial charge is 0.269 e. The number of nitro groups is 1. The lowest BCUT2D eigenvalue weighted by Gasteiger charge is -2.06. The predicted octanol–water partition coefficient (Wildman–Crippen LogP) is 0.234. The van der Waals surface area contributed by atoms with E-state index in [0.717, 1.165) is 0 Å². The summed E-state index contributed by atoms with van der Waals surface area (Å²) in [4.78, 5) is 10.0. The Morgan fingerprint density at radius 3 is 2.72 bits per heavy atom. The Bertz CT molecular complexity index is 516. The summed E-state index contributed by atoms with van der Waals surface area (Å²) in [7, 11) is -1.69. The van der Waals surface area contributed by atoms with E-state index >= 15 is 0 Å². The molecular formula is C10H15N3O4S. The average molecular weight is 273 g/mol. The van der Waals surface area contributed by atoms with Gasteiger partial charge in [0.05, 0.1) is 10.7 Å². The van der Waals surface area contributed by atoms with E-state index in [1.54, 1.807) is 13.1 Å². The first-order valence-electron chi connectivity index (χ1n) is 5.30. The topological polar surface area (TPSA) is 101 Å². The number of nitrogens with zero attached hydrogens (tertiary/aromatic N) is 1. The SMILES string of the molecule is CNCCS(=O)(=O)NCc1cccc([N+](=O)[O-])c1. The number of hydrogen-bond donors (Lipinski definition) is 2. The zero-order valence-corrected chi connectivity index (χ0v) is 10.7. The van der Waals surface area contributed by atoms with Crippen molar-refractivity contribution in [3.63, 3.8) is 0 Å². The maximum absolute atomic E-state index is 11.5. The molecule has 0 fully saturated rings. The molecule has 0 aliphatic carbocycles. The number of nitro benzene ring substituents is 1. The normalized spacial score (nSPS) is 11.4. The fraction of sp³-hybridized carbons (Fsp3) is 0.400. The molecule has 7 nitrogen and oxygen atoms in total. The van der Waals surface area contributed by atoms with Crippen molar-refractivity contribution in [3.05, 3.63) is 39.9 Å². The first-order chi connectivity index (χ1) is 8.44. The monoisotopic (exact) mass is 273 g/mol. The van der Waals surface area contributed by atoms with Crippen LogP contribution in [-0.2, 0) is 16.6 Å². The third-order valence-electron chi connectivity index (χ3n) is 2.24. The van der Waals surface area contributed by atoms with Crippen molar-refractivity contribution in [2.75, 3.05) is 19.3 Å². The van der Waals surface area contributed by atoms with Crippen LogP contribution in [0.15, 0.2) is 24.3 Å². The van der Waals surface area contributed by atoms with Crippen molar-refractivity contribution >= 4 is 15.7 Å². The second-order valence-electron chi connectivity index (χ2n) is 3.67. The van der Waals surface area contributed by atoms with Gasteiger partial charge in [-0.2, -0.15) is 0 Å². The fourth-order valence-electron chi connectivity index (χ4n) is 1.28. The Labute approximate surface area is 105 Å². The van der Waals surface area contributed by atoms with E-state index in [9.17, 15) is 18.5 Å². The summed E-state index contributed by atoms with van der Waals surface area (Å²) in [6, 6.07) is 5.86. The van der Waals surface area contributed by atoms with Gasteiger partial charge in [0.15, 0.2) is 0 Å². The van der Waals surface area contributed by atoms with Crippen LogP contribution in [0.2, 0.25) is 0 Å². The lowest BCUT2D eigenvalue weighted by molar-refractivity contribution is -0.384. The van der Waals surface area contributed by atoms with Gasteiger partial charge >= 0.3 is 0 Å². The molecule has 0 saturated carbocycles. The molecule has 0 saturated heterocycles. The Hall–Kier alpha value is -1.51. The molecular weight excluding hydrogens is 258 g/mol. The minimum atomic E-state index is -3.36. The number of sulfonamides is 1. The van der Waals surface area contributed by atoms with E-state index in [-0.39, 0.29) is 18.0 Å². The van der Waals surface area contributed by atoms with Crippen LogP contribution in [0.5, 0.6) is 0 Å². The summed E-state index contributed by atoms with van der Waals surface area (Å²) in [6.07, 6.45) is 0. The van der Waals surface area contributed by atoms with E-state index in [2.05, 4.69) is 10.0 Å². The molecule has 0 amide bonds. The lowest BCUT2D eigenvalue weighted by Crippen LogP contribution is -2.30. The zero-order chi connectivity index (χ0) is 13.6. The summed E-state index contributed by atoms with van der Waals surface area (Å²) < 4.78 is 25.4. The van der Waals surface area contributed by atoms with Gasteiger partial charge in [0.25, 0.3) is 5.69 Å². The molecule has 0 unspecified atom stereocenters. The van der Waals surface area contributed by atoms with E-state index in [4.69, 9.17) is 0 Å². The quantitative estimate of drug-likeness (QED) is 0.547. The van der Waals surface area contributed by atoms with E-state index in [1.165, 1.54) is 18.2 Å². The molecule has 0 atom stereocenters. The van der Waals surface area contributed by atoms with Gasteiger partial charge < -0.3 is 5.32 Å². The molecule has 0 radical (unpaired) electrons. The van der Waals surface area contributed by atoms with Crippen LogP contribution in [0.4, 0.5) is 5.69 Å². The number of nitrogens with one attached hydrogen (secondary N) is 2. The van der Waals surface area contributed by atoms with Crippen molar-refractivity contribution in [1.29, 1.82) is 0 Å². The van der Waals surface area contributed by atoms with E-state index in [1.807, 2.05) is 0 Å². The Morgan fingerprint density at radius 1 is 1.39 bits per heavy atom. The molecule has 100 valence electrons. The van der Waals surface area contributed by atoms with Crippen LogP contribution in [-0.4, -0.2) is 32.7 Å². The van der Waals surface area contributed by atoms with Gasteiger partial charge in [-0.1, -0.05) is 12.1 Å². The largest absolute Gasteiger partial charge is 0.319 e. The minimum Gasteiger partial charge on any atom is -0.319 e. The molecule has 2 N–H and O–H groups in total. The molecule has 0 aliphatic rings. The standard InChI is InChI=1S/C10H15N3O4S/c1-11-5-6-18(16,17)12-8-9-3-2-4-10(7-9)13(14)15/h2-4,7,11-12H,5-6,8H2,1H3. The van der Waals surface area contributed by atoms with Crippen LogP contribution in [0.3, 0.4) is 0 Å². The van der Waals surface area contributed by atoms with Gasteiger partial charge in [0, 0.05) is 25.2 Å².